The number of anilines is 1. The fourth-order valence-electron chi connectivity index (χ4n) is 1.92. The summed E-state index contributed by atoms with van der Waals surface area (Å²) in [6.07, 6.45) is 4.64. The van der Waals surface area contributed by atoms with Crippen LogP contribution in [0.4, 0.5) is 5.82 Å². The zero-order chi connectivity index (χ0) is 8.55. The molecule has 0 aliphatic carbocycles. The lowest BCUT2D eigenvalue weighted by atomic mass is 10.1. The van der Waals surface area contributed by atoms with E-state index in [4.69, 9.17) is 5.73 Å². The number of imidazole rings is 1. The van der Waals surface area contributed by atoms with Crippen molar-refractivity contribution in [2.75, 3.05) is 5.73 Å². The van der Waals surface area contributed by atoms with Crippen LogP contribution in [0.15, 0.2) is 0 Å². The maximum Gasteiger partial charge on any atom is 0.145 e. The first-order valence-electron chi connectivity index (χ1n) is 4.66. The van der Waals surface area contributed by atoms with Crippen molar-refractivity contribution in [1.82, 2.24) is 9.55 Å². The van der Waals surface area contributed by atoms with Gasteiger partial charge in [-0.15, -0.1) is 0 Å². The lowest BCUT2D eigenvalue weighted by Gasteiger charge is -2.15. The first kappa shape index (κ1) is 7.65. The van der Waals surface area contributed by atoms with E-state index >= 15 is 0 Å². The molecule has 2 heterocycles. The van der Waals surface area contributed by atoms with Gasteiger partial charge in [0.1, 0.15) is 11.6 Å². The van der Waals surface area contributed by atoms with Crippen LogP contribution in [0.25, 0.3) is 0 Å². The van der Waals surface area contributed by atoms with Gasteiger partial charge in [0.15, 0.2) is 0 Å². The van der Waals surface area contributed by atoms with Crippen LogP contribution < -0.4 is 5.73 Å². The van der Waals surface area contributed by atoms with Crippen LogP contribution in [0.5, 0.6) is 0 Å². The summed E-state index contributed by atoms with van der Waals surface area (Å²) < 4.78 is 2.29. The number of fused-ring (bicyclic) bond motifs is 1. The van der Waals surface area contributed by atoms with Gasteiger partial charge in [0, 0.05) is 13.0 Å². The van der Waals surface area contributed by atoms with Crippen LogP contribution in [-0.2, 0) is 19.4 Å². The molecule has 1 aromatic rings. The van der Waals surface area contributed by atoms with Crippen LogP contribution in [0.1, 0.15) is 31.3 Å². The van der Waals surface area contributed by atoms with Crippen LogP contribution in [-0.4, -0.2) is 9.55 Å². The van der Waals surface area contributed by atoms with E-state index in [1.54, 1.807) is 0 Å². The number of hydrogen-bond donors (Lipinski definition) is 1. The van der Waals surface area contributed by atoms with Crippen molar-refractivity contribution in [3.05, 3.63) is 11.5 Å². The summed E-state index contributed by atoms with van der Waals surface area (Å²) in [6.45, 7) is 3.24. The van der Waals surface area contributed by atoms with Gasteiger partial charge in [-0.3, -0.25) is 0 Å². The molecule has 1 aromatic heterocycles. The van der Waals surface area contributed by atoms with E-state index in [1.807, 2.05) is 0 Å². The summed E-state index contributed by atoms with van der Waals surface area (Å²) in [6, 6.07) is 0. The number of nitrogens with two attached hydrogens (primary N) is 1. The zero-order valence-corrected chi connectivity index (χ0v) is 7.51. The monoisotopic (exact) mass is 165 g/mol. The van der Waals surface area contributed by atoms with Crippen molar-refractivity contribution >= 4 is 5.82 Å². The highest BCUT2D eigenvalue weighted by Crippen LogP contribution is 2.22. The third-order valence-electron chi connectivity index (χ3n) is 2.54. The smallest absolute Gasteiger partial charge is 0.145 e. The highest BCUT2D eigenvalue weighted by molar-refractivity contribution is 5.38. The lowest BCUT2D eigenvalue weighted by Crippen LogP contribution is -2.12. The van der Waals surface area contributed by atoms with E-state index in [1.165, 1.54) is 18.5 Å². The Morgan fingerprint density at radius 1 is 1.50 bits per heavy atom. The van der Waals surface area contributed by atoms with Gasteiger partial charge >= 0.3 is 0 Å². The zero-order valence-electron chi connectivity index (χ0n) is 7.51. The molecule has 0 bridgehead atoms. The number of hydrogen-bond acceptors (Lipinski definition) is 2. The number of aromatic nitrogens is 2. The molecule has 0 fully saturated rings. The second-order valence-corrected chi connectivity index (χ2v) is 3.32. The largest absolute Gasteiger partial charge is 0.382 e. The Bertz CT molecular complexity index is 288. The summed E-state index contributed by atoms with van der Waals surface area (Å²) in [4.78, 5) is 4.35. The molecule has 0 aromatic carbocycles. The quantitative estimate of drug-likeness (QED) is 0.683. The first-order valence-corrected chi connectivity index (χ1v) is 4.66. The van der Waals surface area contributed by atoms with Gasteiger partial charge in [0.2, 0.25) is 0 Å². The van der Waals surface area contributed by atoms with E-state index in [0.29, 0.717) is 0 Å². The van der Waals surface area contributed by atoms with E-state index in [2.05, 4.69) is 16.5 Å². The molecule has 2 N–H and O–H groups in total. The standard InChI is InChI=1S/C9H15N3/c1-2-8-11-9(10)7-5-3-4-6-12(7)8/h2-6,10H2,1H3. The Balaban J connectivity index is 2.47. The minimum absolute atomic E-state index is 0.756. The van der Waals surface area contributed by atoms with Gasteiger partial charge < -0.3 is 10.3 Å². The first-order chi connectivity index (χ1) is 5.83. The van der Waals surface area contributed by atoms with Gasteiger partial charge in [0.25, 0.3) is 0 Å². The number of nitrogen functional groups attached to an aromatic ring is 1. The molecule has 0 unspecified atom stereocenters. The van der Waals surface area contributed by atoms with Crippen molar-refractivity contribution in [2.24, 2.45) is 0 Å². The average molecular weight is 165 g/mol. The molecule has 66 valence electrons. The Morgan fingerprint density at radius 3 is 3.08 bits per heavy atom. The second kappa shape index (κ2) is 2.81. The van der Waals surface area contributed by atoms with Crippen LogP contribution in [0, 0.1) is 0 Å². The molecular weight excluding hydrogens is 150 g/mol. The Kier molecular flexibility index (Phi) is 1.79. The molecule has 1 aliphatic heterocycles. The normalized spacial score (nSPS) is 16.1. The molecule has 3 nitrogen and oxygen atoms in total. The van der Waals surface area contributed by atoms with E-state index in [-0.39, 0.29) is 0 Å². The molecule has 12 heavy (non-hydrogen) atoms. The molecule has 0 amide bonds. The number of rotatable bonds is 1. The van der Waals surface area contributed by atoms with Crippen molar-refractivity contribution in [2.45, 2.75) is 39.2 Å². The molecular formula is C9H15N3. The van der Waals surface area contributed by atoms with Gasteiger partial charge in [0.05, 0.1) is 5.69 Å². The predicted molar refractivity (Wildman–Crippen MR) is 49.0 cm³/mol. The third-order valence-corrected chi connectivity index (χ3v) is 2.54. The topological polar surface area (TPSA) is 43.8 Å². The van der Waals surface area contributed by atoms with Crippen molar-refractivity contribution in [3.8, 4) is 0 Å². The van der Waals surface area contributed by atoms with Gasteiger partial charge in [-0.2, -0.15) is 0 Å². The van der Waals surface area contributed by atoms with Crippen molar-refractivity contribution in [3.63, 3.8) is 0 Å². The average Bonchev–Trinajstić information content (AvgIpc) is 2.44. The fourth-order valence-corrected chi connectivity index (χ4v) is 1.92. The van der Waals surface area contributed by atoms with Crippen molar-refractivity contribution in [1.29, 1.82) is 0 Å². The minimum Gasteiger partial charge on any atom is -0.382 e. The van der Waals surface area contributed by atoms with E-state index in [9.17, 15) is 0 Å². The Morgan fingerprint density at radius 2 is 2.33 bits per heavy atom. The summed E-state index contributed by atoms with van der Waals surface area (Å²) in [7, 11) is 0. The van der Waals surface area contributed by atoms with Crippen molar-refractivity contribution < 1.29 is 0 Å². The molecule has 0 radical (unpaired) electrons. The lowest BCUT2D eigenvalue weighted by molar-refractivity contribution is 0.517. The third kappa shape index (κ3) is 1.00. The SMILES string of the molecule is CCc1nc(N)c2n1CCCC2. The second-order valence-electron chi connectivity index (χ2n) is 3.32. The van der Waals surface area contributed by atoms with E-state index in [0.717, 1.165) is 31.0 Å². The minimum atomic E-state index is 0.756. The highest BCUT2D eigenvalue weighted by atomic mass is 15.1. The summed E-state index contributed by atoms with van der Waals surface area (Å²) >= 11 is 0. The van der Waals surface area contributed by atoms with Gasteiger partial charge in [-0.1, -0.05) is 6.92 Å². The molecule has 0 saturated carbocycles. The summed E-state index contributed by atoms with van der Waals surface area (Å²) in [5, 5.41) is 0. The van der Waals surface area contributed by atoms with Crippen LogP contribution in [0.2, 0.25) is 0 Å². The van der Waals surface area contributed by atoms with Gasteiger partial charge in [-0.25, -0.2) is 4.98 Å². The predicted octanol–water partition coefficient (Wildman–Crippen LogP) is 1.36. The Labute approximate surface area is 72.6 Å². The fraction of sp³-hybridized carbons (Fsp3) is 0.667. The molecule has 0 atom stereocenters. The maximum atomic E-state index is 5.81. The van der Waals surface area contributed by atoms with Crippen LogP contribution >= 0.6 is 0 Å². The molecule has 0 saturated heterocycles. The Hall–Kier alpha value is -0.990. The molecule has 0 spiro atoms. The number of aryl methyl sites for hydroxylation is 1. The molecule has 2 rings (SSSR count). The summed E-state index contributed by atoms with van der Waals surface area (Å²) in [5.41, 5.74) is 7.07. The molecule has 3 heteroatoms. The highest BCUT2D eigenvalue weighted by Gasteiger charge is 2.16. The van der Waals surface area contributed by atoms with Crippen LogP contribution in [0.3, 0.4) is 0 Å². The summed E-state index contributed by atoms with van der Waals surface area (Å²) in [5.74, 6) is 1.91. The number of nitrogens with zero attached hydrogens (tertiary/aromatic N) is 2. The van der Waals surface area contributed by atoms with E-state index < -0.39 is 0 Å². The maximum absolute atomic E-state index is 5.81. The van der Waals surface area contributed by atoms with Gasteiger partial charge in [-0.05, 0) is 19.3 Å². The molecule has 1 aliphatic rings.